The van der Waals surface area contributed by atoms with Crippen molar-refractivity contribution in [3.63, 3.8) is 0 Å². The summed E-state index contributed by atoms with van der Waals surface area (Å²) in [5.74, 6) is -6.14. The zero-order valence-electron chi connectivity index (χ0n) is 25.6. The normalized spacial score (nSPS) is 12.0. The quantitative estimate of drug-likeness (QED) is 0.0938. The second-order valence-corrected chi connectivity index (χ2v) is 13.7. The molecule has 0 unspecified atom stereocenters. The molecule has 0 bridgehead atoms. The van der Waals surface area contributed by atoms with Crippen molar-refractivity contribution in [2.45, 2.75) is 39.5 Å². The van der Waals surface area contributed by atoms with Crippen molar-refractivity contribution < 1.29 is 39.6 Å². The van der Waals surface area contributed by atoms with E-state index in [0.29, 0.717) is 5.56 Å². The second kappa shape index (κ2) is 11.7. The van der Waals surface area contributed by atoms with E-state index < -0.39 is 40.6 Å². The Labute approximate surface area is 292 Å². The molecular weight excluding hydrogens is 702 g/mol. The smallest absolute Gasteiger partial charge is 0.337 e. The van der Waals surface area contributed by atoms with Gasteiger partial charge in [-0.25, -0.2) is 19.2 Å². The number of hydrogen-bond acceptors (Lipinski definition) is 4. The minimum absolute atomic E-state index is 0.0146. The molecule has 0 saturated carbocycles. The summed E-state index contributed by atoms with van der Waals surface area (Å²) in [7, 11) is 0. The van der Waals surface area contributed by atoms with Crippen LogP contribution < -0.4 is 0 Å². The van der Waals surface area contributed by atoms with E-state index >= 15 is 0 Å². The Hall–Kier alpha value is -4.34. The largest absolute Gasteiger partial charge is 0.478 e. The van der Waals surface area contributed by atoms with E-state index in [1.54, 1.807) is 0 Å². The van der Waals surface area contributed by atoms with Crippen LogP contribution >= 0.6 is 46.4 Å². The molecule has 0 spiro atoms. The average molecular weight is 726 g/mol. The van der Waals surface area contributed by atoms with Gasteiger partial charge in [-0.05, 0) is 46.7 Å². The number of aromatic carboxylic acids is 4. The second-order valence-electron chi connectivity index (χ2n) is 12.1. The predicted molar refractivity (Wildman–Crippen MR) is 189 cm³/mol. The predicted octanol–water partition coefficient (Wildman–Crippen LogP) is 11.1. The summed E-state index contributed by atoms with van der Waals surface area (Å²) in [5, 5.41) is 41.1. The summed E-state index contributed by atoms with van der Waals surface area (Å²) in [6.07, 6.45) is 0. The molecule has 8 nitrogen and oxygen atoms in total. The summed E-state index contributed by atoms with van der Waals surface area (Å²) in [4.78, 5) is 51.4. The Morgan fingerprint density at radius 2 is 0.875 bits per heavy atom. The fourth-order valence-corrected chi connectivity index (χ4v) is 8.23. The van der Waals surface area contributed by atoms with Gasteiger partial charge in [0.15, 0.2) is 0 Å². The summed E-state index contributed by atoms with van der Waals surface area (Å²) in [6.45, 7) is 7.72. The highest BCUT2D eigenvalue weighted by atomic mass is 35.5. The van der Waals surface area contributed by atoms with E-state index in [1.165, 1.54) is 0 Å². The zero-order valence-corrected chi connectivity index (χ0v) is 28.6. The minimum atomic E-state index is -1.47. The molecular formula is C36H24Cl4O8. The van der Waals surface area contributed by atoms with Crippen molar-refractivity contribution in [1.29, 1.82) is 0 Å². The van der Waals surface area contributed by atoms with Crippen LogP contribution in [-0.2, 0) is 0 Å². The minimum Gasteiger partial charge on any atom is -0.478 e. The first-order valence-corrected chi connectivity index (χ1v) is 16.1. The van der Waals surface area contributed by atoms with Crippen LogP contribution in [0.1, 0.15) is 92.1 Å². The van der Waals surface area contributed by atoms with Crippen LogP contribution in [-0.4, -0.2) is 44.3 Å². The molecule has 6 aromatic carbocycles. The third kappa shape index (κ3) is 4.65. The molecule has 6 rings (SSSR count). The number of carboxylic acid groups (broad SMARTS) is 4. The standard InChI is InChI=1S/C36H24Cl4O8/c1-11(2)13-6-5-7-14(12(3)4)21(13)29-31(36(47)48)23-17(35(45)46)10-19(38)25-24-18(37)8-15(33(41)42)22-16(34(43)44)9-20(39)26(27(22)24)30(28(23)25)32(29)40/h5-12H,1-4H3,(H,41,42)(H,43,44)(H,45,46)(H,47,48). The number of rotatable bonds is 7. The number of carbonyl (C=O) groups is 4. The summed E-state index contributed by atoms with van der Waals surface area (Å²) >= 11 is 27.9. The van der Waals surface area contributed by atoms with E-state index in [-0.39, 0.29) is 86.1 Å². The van der Waals surface area contributed by atoms with Crippen LogP contribution in [0.5, 0.6) is 0 Å². The van der Waals surface area contributed by atoms with Crippen molar-refractivity contribution in [1.82, 2.24) is 0 Å². The van der Waals surface area contributed by atoms with Gasteiger partial charge in [0, 0.05) is 63.7 Å². The molecule has 0 saturated heterocycles. The van der Waals surface area contributed by atoms with Crippen molar-refractivity contribution in [2.24, 2.45) is 0 Å². The maximum Gasteiger partial charge on any atom is 0.337 e. The molecule has 0 aliphatic carbocycles. The van der Waals surface area contributed by atoms with Crippen LogP contribution in [0.3, 0.4) is 0 Å². The Balaban J connectivity index is 2.14. The maximum absolute atomic E-state index is 13.5. The zero-order chi connectivity index (χ0) is 35.3. The molecule has 0 amide bonds. The van der Waals surface area contributed by atoms with E-state index in [2.05, 4.69) is 0 Å². The van der Waals surface area contributed by atoms with Crippen LogP contribution in [0.15, 0.2) is 36.4 Å². The number of benzene rings is 6. The van der Waals surface area contributed by atoms with Crippen LogP contribution in [0, 0.1) is 0 Å². The monoisotopic (exact) mass is 724 g/mol. The van der Waals surface area contributed by atoms with Crippen molar-refractivity contribution in [2.75, 3.05) is 0 Å². The van der Waals surface area contributed by atoms with Gasteiger partial charge in [-0.15, -0.1) is 0 Å². The number of hydrogen-bond donors (Lipinski definition) is 4. The van der Waals surface area contributed by atoms with Crippen molar-refractivity contribution in [3.05, 3.63) is 89.9 Å². The van der Waals surface area contributed by atoms with Gasteiger partial charge in [-0.3, -0.25) is 0 Å². The SMILES string of the molecule is CC(C)c1cccc(C(C)C)c1-c1c(C(=O)O)c2c(C(=O)O)cc(Cl)c3c4c(Cl)cc(C(=O)O)c5c(C(=O)O)cc(Cl)c(c(c1Cl)c23)c54. The third-order valence-corrected chi connectivity index (χ3v) is 10.1. The highest BCUT2D eigenvalue weighted by molar-refractivity contribution is 6.56. The molecule has 48 heavy (non-hydrogen) atoms. The van der Waals surface area contributed by atoms with Gasteiger partial charge < -0.3 is 20.4 Å². The number of fused-ring (bicyclic) bond motifs is 2. The lowest BCUT2D eigenvalue weighted by Gasteiger charge is -2.26. The van der Waals surface area contributed by atoms with Crippen molar-refractivity contribution in [3.8, 4) is 11.1 Å². The van der Waals surface area contributed by atoms with Gasteiger partial charge in [0.25, 0.3) is 0 Å². The molecule has 12 heteroatoms. The molecule has 0 aromatic heterocycles. The molecule has 0 aliphatic rings. The molecule has 6 aromatic rings. The molecule has 0 fully saturated rings. The molecule has 0 radical (unpaired) electrons. The average Bonchev–Trinajstić information content (AvgIpc) is 3.00. The first kappa shape index (κ1) is 33.6. The molecule has 0 heterocycles. The lowest BCUT2D eigenvalue weighted by molar-refractivity contribution is 0.0681. The van der Waals surface area contributed by atoms with Gasteiger partial charge in [0.2, 0.25) is 0 Å². The first-order valence-electron chi connectivity index (χ1n) is 14.6. The summed E-state index contributed by atoms with van der Waals surface area (Å²) in [6, 6.07) is 8.81. The molecule has 0 atom stereocenters. The first-order chi connectivity index (χ1) is 22.5. The Morgan fingerprint density at radius 1 is 0.500 bits per heavy atom. The summed E-state index contributed by atoms with van der Waals surface area (Å²) < 4.78 is 0. The van der Waals surface area contributed by atoms with Gasteiger partial charge in [0.1, 0.15) is 0 Å². The van der Waals surface area contributed by atoms with Crippen molar-refractivity contribution >= 4 is 113 Å². The Morgan fingerprint density at radius 3 is 1.25 bits per heavy atom. The van der Waals surface area contributed by atoms with Crippen LogP contribution in [0.25, 0.3) is 54.2 Å². The molecule has 0 aliphatic heterocycles. The number of carboxylic acids is 4. The van der Waals surface area contributed by atoms with E-state index in [0.717, 1.165) is 29.3 Å². The Kier molecular flexibility index (Phi) is 8.16. The fourth-order valence-electron chi connectivity index (χ4n) is 6.96. The van der Waals surface area contributed by atoms with Crippen LogP contribution in [0.2, 0.25) is 20.1 Å². The highest BCUT2D eigenvalue weighted by Gasteiger charge is 2.35. The van der Waals surface area contributed by atoms with Gasteiger partial charge in [0.05, 0.1) is 27.3 Å². The van der Waals surface area contributed by atoms with Gasteiger partial charge in [-0.2, -0.15) is 0 Å². The summed E-state index contributed by atoms with van der Waals surface area (Å²) in [5.41, 5.74) is 0.330. The van der Waals surface area contributed by atoms with Crippen LogP contribution in [0.4, 0.5) is 0 Å². The Bertz CT molecular complexity index is 2420. The highest BCUT2D eigenvalue weighted by Crippen LogP contribution is 2.55. The third-order valence-electron chi connectivity index (χ3n) is 8.80. The lowest BCUT2D eigenvalue weighted by Crippen LogP contribution is -2.11. The van der Waals surface area contributed by atoms with E-state index in [9.17, 15) is 39.6 Å². The van der Waals surface area contributed by atoms with E-state index in [4.69, 9.17) is 46.4 Å². The van der Waals surface area contributed by atoms with E-state index in [1.807, 2.05) is 45.9 Å². The fraction of sp³-hybridized carbons (Fsp3) is 0.167. The number of halogens is 4. The van der Waals surface area contributed by atoms with Gasteiger partial charge in [-0.1, -0.05) is 92.3 Å². The van der Waals surface area contributed by atoms with Gasteiger partial charge >= 0.3 is 23.9 Å². The molecule has 244 valence electrons. The maximum atomic E-state index is 13.5. The lowest BCUT2D eigenvalue weighted by atomic mass is 9.78. The molecule has 4 N–H and O–H groups in total. The topological polar surface area (TPSA) is 149 Å².